The SMILES string of the molecule is CCCC[C@@H](/C=C\CO)N(Cc1ccccc1)Cc1ccccc1. The number of rotatable bonds is 10. The predicted molar refractivity (Wildman–Crippen MR) is 102 cm³/mol. The highest BCUT2D eigenvalue weighted by molar-refractivity contribution is 5.18. The Kier molecular flexibility index (Phi) is 8.29. The third-order valence-corrected chi connectivity index (χ3v) is 4.24. The van der Waals surface area contributed by atoms with Gasteiger partial charge in [-0.2, -0.15) is 0 Å². The van der Waals surface area contributed by atoms with E-state index in [1.165, 1.54) is 24.0 Å². The highest BCUT2D eigenvalue weighted by atomic mass is 16.2. The van der Waals surface area contributed by atoms with E-state index in [0.29, 0.717) is 6.04 Å². The first-order valence-electron chi connectivity index (χ1n) is 8.93. The first-order valence-corrected chi connectivity index (χ1v) is 8.93. The molecule has 2 rings (SSSR count). The summed E-state index contributed by atoms with van der Waals surface area (Å²) in [6, 6.07) is 21.6. The van der Waals surface area contributed by atoms with E-state index in [0.717, 1.165) is 19.5 Å². The molecule has 0 saturated heterocycles. The molecule has 128 valence electrons. The molecule has 0 fully saturated rings. The van der Waals surface area contributed by atoms with Gasteiger partial charge in [-0.25, -0.2) is 0 Å². The molecule has 0 radical (unpaired) electrons. The zero-order chi connectivity index (χ0) is 17.0. The van der Waals surface area contributed by atoms with Gasteiger partial charge >= 0.3 is 0 Å². The molecule has 0 bridgehead atoms. The Hall–Kier alpha value is -1.90. The van der Waals surface area contributed by atoms with Gasteiger partial charge < -0.3 is 5.11 Å². The van der Waals surface area contributed by atoms with Crippen molar-refractivity contribution in [2.45, 2.75) is 45.3 Å². The summed E-state index contributed by atoms with van der Waals surface area (Å²) >= 11 is 0. The van der Waals surface area contributed by atoms with Crippen molar-refractivity contribution in [1.82, 2.24) is 4.90 Å². The molecule has 1 N–H and O–H groups in total. The van der Waals surface area contributed by atoms with Gasteiger partial charge in [0, 0.05) is 19.1 Å². The van der Waals surface area contributed by atoms with Crippen molar-refractivity contribution < 1.29 is 5.11 Å². The highest BCUT2D eigenvalue weighted by Crippen LogP contribution is 2.18. The molecule has 0 unspecified atom stereocenters. The van der Waals surface area contributed by atoms with Crippen LogP contribution in [0.5, 0.6) is 0 Å². The molecule has 0 amide bonds. The van der Waals surface area contributed by atoms with Gasteiger partial charge in [-0.3, -0.25) is 4.90 Å². The summed E-state index contributed by atoms with van der Waals surface area (Å²) < 4.78 is 0. The van der Waals surface area contributed by atoms with Crippen LogP contribution in [-0.4, -0.2) is 22.7 Å². The van der Waals surface area contributed by atoms with Gasteiger partial charge in [0.2, 0.25) is 0 Å². The number of benzene rings is 2. The van der Waals surface area contributed by atoms with Crippen LogP contribution in [0.15, 0.2) is 72.8 Å². The highest BCUT2D eigenvalue weighted by Gasteiger charge is 2.16. The van der Waals surface area contributed by atoms with Crippen LogP contribution in [-0.2, 0) is 13.1 Å². The second kappa shape index (κ2) is 10.8. The average Bonchev–Trinajstić information content (AvgIpc) is 2.63. The Morgan fingerprint density at radius 3 is 1.92 bits per heavy atom. The maximum atomic E-state index is 9.20. The molecule has 2 aromatic carbocycles. The number of aliphatic hydroxyl groups excluding tert-OH is 1. The third kappa shape index (κ3) is 6.31. The summed E-state index contributed by atoms with van der Waals surface area (Å²) in [6.07, 6.45) is 7.55. The summed E-state index contributed by atoms with van der Waals surface area (Å²) in [5.74, 6) is 0. The minimum atomic E-state index is 0.104. The lowest BCUT2D eigenvalue weighted by atomic mass is 10.0. The van der Waals surface area contributed by atoms with E-state index in [-0.39, 0.29) is 6.61 Å². The molecule has 0 aliphatic rings. The molecule has 0 saturated carbocycles. The van der Waals surface area contributed by atoms with Gasteiger partial charge in [-0.05, 0) is 17.5 Å². The first kappa shape index (κ1) is 18.4. The topological polar surface area (TPSA) is 23.5 Å². The van der Waals surface area contributed by atoms with Crippen molar-refractivity contribution in [3.05, 3.63) is 83.9 Å². The molecule has 0 aromatic heterocycles. The fraction of sp³-hybridized carbons (Fsp3) is 0.364. The largest absolute Gasteiger partial charge is 0.392 e. The van der Waals surface area contributed by atoms with Crippen LogP contribution in [0, 0.1) is 0 Å². The van der Waals surface area contributed by atoms with Crippen LogP contribution in [0.3, 0.4) is 0 Å². The summed E-state index contributed by atoms with van der Waals surface area (Å²) in [5.41, 5.74) is 2.65. The third-order valence-electron chi connectivity index (χ3n) is 4.24. The van der Waals surface area contributed by atoms with E-state index in [1.54, 1.807) is 0 Å². The van der Waals surface area contributed by atoms with Crippen molar-refractivity contribution in [2.24, 2.45) is 0 Å². The number of aliphatic hydroxyl groups is 1. The standard InChI is InChI=1S/C22H29NO/c1-2-3-15-22(16-10-17-24)23(18-20-11-6-4-7-12-20)19-21-13-8-5-9-14-21/h4-14,16,22,24H,2-3,15,17-19H2,1H3/b16-10-/t22-/m0/s1. The lowest BCUT2D eigenvalue weighted by Gasteiger charge is -2.30. The Bertz CT molecular complexity index is 538. The molecule has 24 heavy (non-hydrogen) atoms. The molecule has 2 nitrogen and oxygen atoms in total. The van der Waals surface area contributed by atoms with E-state index in [9.17, 15) is 5.11 Å². The van der Waals surface area contributed by atoms with Crippen molar-refractivity contribution >= 4 is 0 Å². The average molecular weight is 323 g/mol. The van der Waals surface area contributed by atoms with Crippen molar-refractivity contribution in [1.29, 1.82) is 0 Å². The van der Waals surface area contributed by atoms with Gasteiger partial charge in [0.15, 0.2) is 0 Å². The molecule has 0 aliphatic carbocycles. The first-order chi connectivity index (χ1) is 11.8. The Morgan fingerprint density at radius 1 is 0.917 bits per heavy atom. The second-order valence-electron chi connectivity index (χ2n) is 6.20. The second-order valence-corrected chi connectivity index (χ2v) is 6.20. The van der Waals surface area contributed by atoms with E-state index in [2.05, 4.69) is 78.6 Å². The zero-order valence-electron chi connectivity index (χ0n) is 14.6. The quantitative estimate of drug-likeness (QED) is 0.635. The van der Waals surface area contributed by atoms with Crippen molar-refractivity contribution in [3.8, 4) is 0 Å². The Morgan fingerprint density at radius 2 is 1.46 bits per heavy atom. The van der Waals surface area contributed by atoms with E-state index < -0.39 is 0 Å². The molecule has 1 atom stereocenters. The lowest BCUT2D eigenvalue weighted by molar-refractivity contribution is 0.198. The normalized spacial score (nSPS) is 12.8. The number of hydrogen-bond donors (Lipinski definition) is 1. The number of nitrogens with zero attached hydrogens (tertiary/aromatic N) is 1. The summed E-state index contributed by atoms with van der Waals surface area (Å²) in [6.45, 7) is 4.17. The van der Waals surface area contributed by atoms with Gasteiger partial charge in [0.05, 0.1) is 6.61 Å². The smallest absolute Gasteiger partial charge is 0.0612 e. The Labute approximate surface area is 146 Å². The van der Waals surface area contributed by atoms with E-state index >= 15 is 0 Å². The molecule has 2 aromatic rings. The summed E-state index contributed by atoms with van der Waals surface area (Å²) in [4.78, 5) is 2.51. The minimum absolute atomic E-state index is 0.104. The number of unbranched alkanes of at least 4 members (excludes halogenated alkanes) is 1. The minimum Gasteiger partial charge on any atom is -0.392 e. The van der Waals surface area contributed by atoms with Gasteiger partial charge in [-0.15, -0.1) is 0 Å². The van der Waals surface area contributed by atoms with Crippen molar-refractivity contribution in [2.75, 3.05) is 6.61 Å². The summed E-state index contributed by atoms with van der Waals surface area (Å²) in [7, 11) is 0. The predicted octanol–water partition coefficient (Wildman–Crippen LogP) is 4.80. The molecule has 2 heteroatoms. The monoisotopic (exact) mass is 323 g/mol. The zero-order valence-corrected chi connectivity index (χ0v) is 14.6. The number of hydrogen-bond acceptors (Lipinski definition) is 2. The lowest BCUT2D eigenvalue weighted by Crippen LogP contribution is -2.33. The van der Waals surface area contributed by atoms with Crippen molar-refractivity contribution in [3.63, 3.8) is 0 Å². The van der Waals surface area contributed by atoms with Crippen LogP contribution in [0.4, 0.5) is 0 Å². The van der Waals surface area contributed by atoms with Gasteiger partial charge in [0.1, 0.15) is 0 Å². The van der Waals surface area contributed by atoms with Crippen LogP contribution in [0.25, 0.3) is 0 Å². The van der Waals surface area contributed by atoms with Gasteiger partial charge in [-0.1, -0.05) is 92.6 Å². The molecule has 0 heterocycles. The Balaban J connectivity index is 2.19. The van der Waals surface area contributed by atoms with Crippen LogP contribution < -0.4 is 0 Å². The fourth-order valence-electron chi connectivity index (χ4n) is 2.96. The van der Waals surface area contributed by atoms with E-state index in [4.69, 9.17) is 0 Å². The maximum absolute atomic E-state index is 9.20. The maximum Gasteiger partial charge on any atom is 0.0612 e. The van der Waals surface area contributed by atoms with Crippen LogP contribution in [0.2, 0.25) is 0 Å². The van der Waals surface area contributed by atoms with Crippen LogP contribution >= 0.6 is 0 Å². The van der Waals surface area contributed by atoms with Crippen LogP contribution in [0.1, 0.15) is 37.3 Å². The molecular formula is C22H29NO. The molecular weight excluding hydrogens is 294 g/mol. The molecule has 0 spiro atoms. The summed E-state index contributed by atoms with van der Waals surface area (Å²) in [5, 5.41) is 9.20. The van der Waals surface area contributed by atoms with Gasteiger partial charge in [0.25, 0.3) is 0 Å². The molecule has 0 aliphatic heterocycles. The van der Waals surface area contributed by atoms with E-state index in [1.807, 2.05) is 6.08 Å². The fourth-order valence-corrected chi connectivity index (χ4v) is 2.96.